The number of nitrogens with zero attached hydrogens (tertiary/aromatic N) is 3. The van der Waals surface area contributed by atoms with Gasteiger partial charge in [0.2, 0.25) is 0 Å². The van der Waals surface area contributed by atoms with Gasteiger partial charge < -0.3 is 15.0 Å². The highest BCUT2D eigenvalue weighted by Crippen LogP contribution is 2.27. The summed E-state index contributed by atoms with van der Waals surface area (Å²) in [6.07, 6.45) is -0.236. The quantitative estimate of drug-likeness (QED) is 0.419. The number of likely N-dealkylation sites (N-methyl/N-ethyl adjacent to an activating group) is 1. The molecule has 0 aliphatic heterocycles. The third-order valence-electron chi connectivity index (χ3n) is 3.85. The van der Waals surface area contributed by atoms with Crippen LogP contribution >= 0.6 is 0 Å². The van der Waals surface area contributed by atoms with Crippen LogP contribution in [-0.2, 0) is 4.74 Å². The first kappa shape index (κ1) is 19.9. The van der Waals surface area contributed by atoms with Crippen LogP contribution in [0.15, 0.2) is 18.2 Å². The van der Waals surface area contributed by atoms with Crippen LogP contribution in [0.1, 0.15) is 24.2 Å². The molecule has 0 aliphatic rings. The zero-order valence-electron chi connectivity index (χ0n) is 14.9. The summed E-state index contributed by atoms with van der Waals surface area (Å²) in [5, 5.41) is 14.0. The number of carbonyl (C=O) groups is 1. The average molecular weight is 338 g/mol. The Morgan fingerprint density at radius 1 is 1.33 bits per heavy atom. The predicted octanol–water partition coefficient (Wildman–Crippen LogP) is 1.70. The predicted molar refractivity (Wildman–Crippen MR) is 93.5 cm³/mol. The van der Waals surface area contributed by atoms with Crippen molar-refractivity contribution in [2.75, 3.05) is 45.7 Å². The van der Waals surface area contributed by atoms with E-state index >= 15 is 0 Å². The van der Waals surface area contributed by atoms with Crippen LogP contribution in [0.25, 0.3) is 0 Å². The van der Waals surface area contributed by atoms with Gasteiger partial charge in [-0.3, -0.25) is 19.8 Å². The van der Waals surface area contributed by atoms with Gasteiger partial charge in [-0.05, 0) is 25.2 Å². The number of anilines is 1. The Morgan fingerprint density at radius 3 is 2.42 bits per heavy atom. The first-order valence-corrected chi connectivity index (χ1v) is 7.86. The molecular formula is C16H26N4O4. The maximum Gasteiger partial charge on any atom is 0.293 e. The van der Waals surface area contributed by atoms with Crippen LogP contribution in [0.3, 0.4) is 0 Å². The summed E-state index contributed by atoms with van der Waals surface area (Å²) in [7, 11) is 5.02. The van der Waals surface area contributed by atoms with Crippen LogP contribution in [0.2, 0.25) is 0 Å². The van der Waals surface area contributed by atoms with Gasteiger partial charge in [-0.1, -0.05) is 13.8 Å². The second-order valence-electron chi connectivity index (χ2n) is 5.48. The van der Waals surface area contributed by atoms with Crippen LogP contribution in [0.4, 0.5) is 11.4 Å². The van der Waals surface area contributed by atoms with Crippen molar-refractivity contribution < 1.29 is 14.5 Å². The number of benzene rings is 1. The lowest BCUT2D eigenvalue weighted by Gasteiger charge is -2.28. The lowest BCUT2D eigenvalue weighted by atomic mass is 10.1. The van der Waals surface area contributed by atoms with Gasteiger partial charge in [0.05, 0.1) is 11.5 Å². The first-order chi connectivity index (χ1) is 11.3. The van der Waals surface area contributed by atoms with E-state index in [-0.39, 0.29) is 23.4 Å². The third-order valence-corrected chi connectivity index (χ3v) is 3.85. The fourth-order valence-corrected chi connectivity index (χ4v) is 2.46. The smallest absolute Gasteiger partial charge is 0.293 e. The first-order valence-electron chi connectivity index (χ1n) is 7.86. The Bertz CT molecular complexity index is 573. The summed E-state index contributed by atoms with van der Waals surface area (Å²) in [6, 6.07) is 4.45. The molecule has 0 saturated heterocycles. The second-order valence-corrected chi connectivity index (χ2v) is 5.48. The number of nitro groups is 1. The van der Waals surface area contributed by atoms with E-state index in [0.29, 0.717) is 12.2 Å². The molecule has 0 saturated carbocycles. The fraction of sp³-hybridized carbons (Fsp3) is 0.562. The van der Waals surface area contributed by atoms with E-state index in [4.69, 9.17) is 4.74 Å². The number of carbonyl (C=O) groups excluding carboxylic acids is 1. The summed E-state index contributed by atoms with van der Waals surface area (Å²) in [5.74, 6) is -0.363. The summed E-state index contributed by atoms with van der Waals surface area (Å²) in [4.78, 5) is 26.7. The second kappa shape index (κ2) is 9.19. The number of nitrogens with one attached hydrogen (secondary N) is 1. The highest BCUT2D eigenvalue weighted by Gasteiger charge is 2.20. The molecule has 0 aliphatic carbocycles. The number of nitro benzene ring substituents is 1. The van der Waals surface area contributed by atoms with Gasteiger partial charge in [0.25, 0.3) is 11.6 Å². The van der Waals surface area contributed by atoms with Crippen molar-refractivity contribution in [1.29, 1.82) is 0 Å². The summed E-state index contributed by atoms with van der Waals surface area (Å²) < 4.78 is 5.39. The van der Waals surface area contributed by atoms with Crippen molar-refractivity contribution in [2.24, 2.45) is 0 Å². The minimum absolute atomic E-state index is 0.0975. The molecule has 24 heavy (non-hydrogen) atoms. The normalized spacial score (nSPS) is 12.1. The maximum atomic E-state index is 12.3. The topological polar surface area (TPSA) is 88.0 Å². The lowest BCUT2D eigenvalue weighted by Crippen LogP contribution is -2.45. The molecule has 0 spiro atoms. The van der Waals surface area contributed by atoms with Crippen LogP contribution in [-0.4, -0.2) is 62.8 Å². The van der Waals surface area contributed by atoms with E-state index in [1.54, 1.807) is 38.2 Å². The van der Waals surface area contributed by atoms with Crippen LogP contribution in [0.5, 0.6) is 0 Å². The van der Waals surface area contributed by atoms with E-state index in [1.807, 2.05) is 13.8 Å². The Balaban J connectivity index is 2.88. The molecule has 134 valence electrons. The summed E-state index contributed by atoms with van der Waals surface area (Å²) in [6.45, 7) is 5.93. The van der Waals surface area contributed by atoms with Crippen molar-refractivity contribution >= 4 is 17.3 Å². The highest BCUT2D eigenvalue weighted by molar-refractivity contribution is 5.95. The third kappa shape index (κ3) is 4.90. The van der Waals surface area contributed by atoms with E-state index in [9.17, 15) is 14.9 Å². The Kier molecular flexibility index (Phi) is 7.60. The molecule has 1 rings (SSSR count). The van der Waals surface area contributed by atoms with E-state index < -0.39 is 4.92 Å². The van der Waals surface area contributed by atoms with Crippen molar-refractivity contribution in [1.82, 2.24) is 10.2 Å². The van der Waals surface area contributed by atoms with Gasteiger partial charge in [-0.2, -0.15) is 0 Å². The minimum Gasteiger partial charge on any atom is -0.372 e. The number of hydrogen-bond donors (Lipinski definition) is 1. The number of ether oxygens (including phenoxy) is 1. The molecule has 8 nitrogen and oxygen atoms in total. The Hall–Kier alpha value is -2.19. The van der Waals surface area contributed by atoms with Gasteiger partial charge in [-0.25, -0.2) is 0 Å². The van der Waals surface area contributed by atoms with Crippen molar-refractivity contribution in [3.63, 3.8) is 0 Å². The lowest BCUT2D eigenvalue weighted by molar-refractivity contribution is -0.384. The molecule has 8 heteroatoms. The molecular weight excluding hydrogens is 312 g/mol. The molecule has 0 radical (unpaired) electrons. The van der Waals surface area contributed by atoms with Gasteiger partial charge in [0, 0.05) is 32.8 Å². The van der Waals surface area contributed by atoms with Gasteiger partial charge in [-0.15, -0.1) is 0 Å². The molecule has 1 amide bonds. The van der Waals surface area contributed by atoms with Gasteiger partial charge in [0.1, 0.15) is 11.9 Å². The largest absolute Gasteiger partial charge is 0.372 e. The molecule has 1 aromatic rings. The molecule has 0 fully saturated rings. The molecule has 1 N–H and O–H groups in total. The SMILES string of the molecule is CCN(CC)C(CNC(=O)c1ccc(N(C)C)c([N+](=O)[O-])c1)OC. The summed E-state index contributed by atoms with van der Waals surface area (Å²) in [5.41, 5.74) is 0.607. The van der Waals surface area contributed by atoms with E-state index in [1.165, 1.54) is 6.07 Å². The molecule has 0 heterocycles. The van der Waals surface area contributed by atoms with Crippen LogP contribution < -0.4 is 10.2 Å². The maximum absolute atomic E-state index is 12.3. The van der Waals surface area contributed by atoms with E-state index in [2.05, 4.69) is 10.2 Å². The number of amides is 1. The minimum atomic E-state index is -0.486. The van der Waals surface area contributed by atoms with Gasteiger partial charge >= 0.3 is 0 Å². The van der Waals surface area contributed by atoms with Crippen molar-refractivity contribution in [3.8, 4) is 0 Å². The Morgan fingerprint density at radius 2 is 1.96 bits per heavy atom. The summed E-state index contributed by atoms with van der Waals surface area (Å²) >= 11 is 0. The molecule has 0 bridgehead atoms. The molecule has 0 aromatic heterocycles. The number of hydrogen-bond acceptors (Lipinski definition) is 6. The van der Waals surface area contributed by atoms with Crippen molar-refractivity contribution in [3.05, 3.63) is 33.9 Å². The van der Waals surface area contributed by atoms with E-state index in [0.717, 1.165) is 13.1 Å². The molecule has 1 aromatic carbocycles. The standard InChI is InChI=1S/C16H26N4O4/c1-6-19(7-2)15(24-5)11-17-16(21)12-8-9-13(18(3)4)14(10-12)20(22)23/h8-10,15H,6-7,11H2,1-5H3,(H,17,21). The zero-order valence-corrected chi connectivity index (χ0v) is 14.9. The highest BCUT2D eigenvalue weighted by atomic mass is 16.6. The van der Waals surface area contributed by atoms with Crippen LogP contribution in [0, 0.1) is 10.1 Å². The van der Waals surface area contributed by atoms with Crippen molar-refractivity contribution in [2.45, 2.75) is 20.1 Å². The molecule has 1 unspecified atom stereocenters. The van der Waals surface area contributed by atoms with Gasteiger partial charge in [0.15, 0.2) is 0 Å². The fourth-order valence-electron chi connectivity index (χ4n) is 2.46. The number of rotatable bonds is 9. The average Bonchev–Trinajstić information content (AvgIpc) is 2.57. The Labute approximate surface area is 142 Å². The molecule has 1 atom stereocenters. The monoisotopic (exact) mass is 338 g/mol. The zero-order chi connectivity index (χ0) is 18.3. The number of methoxy groups -OCH3 is 1.